The van der Waals surface area contributed by atoms with E-state index in [0.29, 0.717) is 31.4 Å². The zero-order valence-electron chi connectivity index (χ0n) is 21.0. The van der Waals surface area contributed by atoms with Crippen LogP contribution in [0.25, 0.3) is 0 Å². The molecule has 0 bridgehead atoms. The number of carbonyl (C=O) groups is 4. The van der Waals surface area contributed by atoms with E-state index in [1.807, 2.05) is 0 Å². The molecular weight excluding hydrogens is 488 g/mol. The van der Waals surface area contributed by atoms with Crippen molar-refractivity contribution in [3.8, 4) is 0 Å². The first-order valence-corrected chi connectivity index (χ1v) is 12.2. The van der Waals surface area contributed by atoms with Crippen LogP contribution in [0.3, 0.4) is 0 Å². The summed E-state index contributed by atoms with van der Waals surface area (Å²) in [4.78, 5) is 51.0. The van der Waals surface area contributed by atoms with Gasteiger partial charge < -0.3 is 42.4 Å². The standard InChI is InChI=1S/C22H36N8O7/c1-21(2,36)15-9-26-28-30(15)12-8-14(29(10-12)19(34)13(23)11-37-20(25)35)18(33)27-22(16(31)17(24)32)6-4-3-5-7-22/h9,12-14,16,31,36H,3-8,10-11,23H2,1-2H3,(H2,24,32)(H2,25,35)(H,27,33)/t12-,13?,14-,16?/m0/s1. The quantitative estimate of drug-likeness (QED) is 0.202. The molecule has 1 aliphatic heterocycles. The van der Waals surface area contributed by atoms with Crippen LogP contribution >= 0.6 is 0 Å². The summed E-state index contributed by atoms with van der Waals surface area (Å²) < 4.78 is 6.11. The van der Waals surface area contributed by atoms with Gasteiger partial charge in [0, 0.05) is 13.0 Å². The Morgan fingerprint density at radius 2 is 1.89 bits per heavy atom. The second-order valence-electron chi connectivity index (χ2n) is 10.3. The van der Waals surface area contributed by atoms with Crippen LogP contribution in [0.2, 0.25) is 0 Å². The molecule has 206 valence electrons. The molecular formula is C22H36N8O7. The summed E-state index contributed by atoms with van der Waals surface area (Å²) >= 11 is 0. The van der Waals surface area contributed by atoms with Crippen LogP contribution in [0.1, 0.15) is 64.1 Å². The van der Waals surface area contributed by atoms with Crippen LogP contribution in [-0.2, 0) is 24.7 Å². The number of aliphatic hydroxyl groups excluding tert-OH is 1. The summed E-state index contributed by atoms with van der Waals surface area (Å²) in [6.07, 6.45) is 1.65. The number of aromatic nitrogens is 3. The van der Waals surface area contributed by atoms with E-state index < -0.39 is 65.8 Å². The van der Waals surface area contributed by atoms with Gasteiger partial charge in [-0.3, -0.25) is 14.4 Å². The van der Waals surface area contributed by atoms with Gasteiger partial charge in [0.15, 0.2) is 6.10 Å². The minimum Gasteiger partial charge on any atom is -0.447 e. The fourth-order valence-electron chi connectivity index (χ4n) is 5.14. The number of nitrogens with zero attached hydrogens (tertiary/aromatic N) is 4. The number of aliphatic hydroxyl groups is 2. The average Bonchev–Trinajstić information content (AvgIpc) is 3.49. The lowest BCUT2D eigenvalue weighted by Crippen LogP contribution is -2.64. The minimum absolute atomic E-state index is 0.0149. The number of nitrogens with two attached hydrogens (primary N) is 3. The largest absolute Gasteiger partial charge is 0.447 e. The molecule has 2 fully saturated rings. The van der Waals surface area contributed by atoms with Crippen LogP contribution in [0, 0.1) is 0 Å². The molecule has 3 rings (SSSR count). The molecule has 1 aromatic rings. The van der Waals surface area contributed by atoms with Crippen molar-refractivity contribution in [2.45, 2.75) is 87.7 Å². The van der Waals surface area contributed by atoms with E-state index in [4.69, 9.17) is 17.2 Å². The maximum Gasteiger partial charge on any atom is 0.404 e. The lowest BCUT2D eigenvalue weighted by Gasteiger charge is -2.41. The van der Waals surface area contributed by atoms with Crippen molar-refractivity contribution in [1.29, 1.82) is 0 Å². The Morgan fingerprint density at radius 1 is 1.24 bits per heavy atom. The maximum atomic E-state index is 13.6. The Kier molecular flexibility index (Phi) is 8.39. The number of carbonyl (C=O) groups excluding carboxylic acids is 4. The van der Waals surface area contributed by atoms with Crippen molar-refractivity contribution in [3.05, 3.63) is 11.9 Å². The maximum absolute atomic E-state index is 13.6. The lowest BCUT2D eigenvalue weighted by atomic mass is 9.77. The molecule has 1 saturated heterocycles. The number of amides is 4. The molecule has 4 amide bonds. The van der Waals surface area contributed by atoms with Crippen molar-refractivity contribution in [2.24, 2.45) is 17.2 Å². The van der Waals surface area contributed by atoms with Crippen molar-refractivity contribution in [3.63, 3.8) is 0 Å². The molecule has 1 aliphatic carbocycles. The highest BCUT2D eigenvalue weighted by Crippen LogP contribution is 2.34. The second kappa shape index (κ2) is 11.0. The first-order valence-electron chi connectivity index (χ1n) is 12.2. The molecule has 4 atom stereocenters. The second-order valence-corrected chi connectivity index (χ2v) is 10.3. The molecule has 0 aromatic carbocycles. The summed E-state index contributed by atoms with van der Waals surface area (Å²) in [5.41, 5.74) is 14.1. The van der Waals surface area contributed by atoms with E-state index >= 15 is 0 Å². The van der Waals surface area contributed by atoms with Crippen molar-refractivity contribution in [1.82, 2.24) is 25.2 Å². The van der Waals surface area contributed by atoms with E-state index in [1.165, 1.54) is 15.8 Å². The molecule has 0 spiro atoms. The van der Waals surface area contributed by atoms with Crippen LogP contribution in [0.5, 0.6) is 0 Å². The van der Waals surface area contributed by atoms with E-state index in [1.54, 1.807) is 13.8 Å². The molecule has 1 aromatic heterocycles. The normalized spacial score (nSPS) is 23.2. The SMILES string of the molecule is CC(C)(O)c1cnnn1[C@H]1C[C@@H](C(=O)NC2(C(O)C(N)=O)CCCCC2)N(C(=O)C(N)COC(N)=O)C1. The number of rotatable bonds is 9. The van der Waals surface area contributed by atoms with Gasteiger partial charge in [0.05, 0.1) is 23.5 Å². The predicted molar refractivity (Wildman–Crippen MR) is 127 cm³/mol. The minimum atomic E-state index is -1.61. The topological polar surface area (TPSA) is 242 Å². The highest BCUT2D eigenvalue weighted by atomic mass is 16.5. The summed E-state index contributed by atoms with van der Waals surface area (Å²) in [5.74, 6) is -2.24. The Balaban J connectivity index is 1.91. The van der Waals surface area contributed by atoms with Gasteiger partial charge in [0.1, 0.15) is 24.3 Å². The zero-order chi connectivity index (χ0) is 27.5. The van der Waals surface area contributed by atoms with Gasteiger partial charge in [-0.05, 0) is 26.7 Å². The molecule has 1 saturated carbocycles. The fraction of sp³-hybridized carbons (Fsp3) is 0.727. The van der Waals surface area contributed by atoms with Gasteiger partial charge in [0.2, 0.25) is 17.7 Å². The summed E-state index contributed by atoms with van der Waals surface area (Å²) in [5, 5.41) is 31.9. The van der Waals surface area contributed by atoms with Gasteiger partial charge in [-0.15, -0.1) is 5.10 Å². The molecule has 15 heteroatoms. The highest BCUT2D eigenvalue weighted by molar-refractivity contribution is 5.91. The van der Waals surface area contributed by atoms with E-state index in [0.717, 1.165) is 6.42 Å². The number of ether oxygens (including phenoxy) is 1. The van der Waals surface area contributed by atoms with Gasteiger partial charge in [-0.1, -0.05) is 24.5 Å². The van der Waals surface area contributed by atoms with Crippen molar-refractivity contribution < 1.29 is 34.1 Å². The van der Waals surface area contributed by atoms with Crippen LogP contribution in [0.15, 0.2) is 6.20 Å². The Bertz CT molecular complexity index is 1020. The van der Waals surface area contributed by atoms with Gasteiger partial charge in [-0.2, -0.15) is 0 Å². The molecule has 37 heavy (non-hydrogen) atoms. The summed E-state index contributed by atoms with van der Waals surface area (Å²) in [7, 11) is 0. The summed E-state index contributed by atoms with van der Waals surface area (Å²) in [6.45, 7) is 2.60. The zero-order valence-corrected chi connectivity index (χ0v) is 21.0. The monoisotopic (exact) mass is 524 g/mol. The van der Waals surface area contributed by atoms with E-state index in [9.17, 15) is 29.4 Å². The van der Waals surface area contributed by atoms with Crippen LogP contribution in [-0.4, -0.2) is 90.8 Å². The third-order valence-corrected chi connectivity index (χ3v) is 7.05. The van der Waals surface area contributed by atoms with Gasteiger partial charge >= 0.3 is 6.09 Å². The Morgan fingerprint density at radius 3 is 2.46 bits per heavy atom. The third-order valence-electron chi connectivity index (χ3n) is 7.05. The molecule has 0 radical (unpaired) electrons. The van der Waals surface area contributed by atoms with Gasteiger partial charge in [0.25, 0.3) is 0 Å². The lowest BCUT2D eigenvalue weighted by molar-refractivity contribution is -0.143. The molecule has 2 unspecified atom stereocenters. The summed E-state index contributed by atoms with van der Waals surface area (Å²) in [6, 6.07) is -2.93. The van der Waals surface area contributed by atoms with E-state index in [2.05, 4.69) is 20.4 Å². The third kappa shape index (κ3) is 6.17. The number of primary amides is 2. The average molecular weight is 525 g/mol. The molecule has 2 heterocycles. The Hall–Kier alpha value is -3.30. The highest BCUT2D eigenvalue weighted by Gasteiger charge is 2.48. The Labute approximate surface area is 213 Å². The number of hydrogen-bond donors (Lipinski definition) is 6. The number of nitrogens with one attached hydrogen (secondary N) is 1. The molecule has 2 aliphatic rings. The van der Waals surface area contributed by atoms with Crippen molar-refractivity contribution in [2.75, 3.05) is 13.2 Å². The number of likely N-dealkylation sites (tertiary alicyclic amines) is 1. The van der Waals surface area contributed by atoms with E-state index in [-0.39, 0.29) is 13.0 Å². The molecule has 9 N–H and O–H groups in total. The van der Waals surface area contributed by atoms with Gasteiger partial charge in [-0.25, -0.2) is 9.48 Å². The smallest absolute Gasteiger partial charge is 0.404 e. The van der Waals surface area contributed by atoms with Crippen LogP contribution < -0.4 is 22.5 Å². The fourth-order valence-corrected chi connectivity index (χ4v) is 5.14. The molecule has 15 nitrogen and oxygen atoms in total. The van der Waals surface area contributed by atoms with Crippen molar-refractivity contribution >= 4 is 23.8 Å². The number of hydrogen-bond acceptors (Lipinski definition) is 10. The predicted octanol–water partition coefficient (Wildman–Crippen LogP) is -2.26. The first-order chi connectivity index (χ1) is 17.3. The van der Waals surface area contributed by atoms with Crippen LogP contribution in [0.4, 0.5) is 4.79 Å². The first kappa shape index (κ1) is 28.3.